The van der Waals surface area contributed by atoms with Gasteiger partial charge in [0.25, 0.3) is 0 Å². The van der Waals surface area contributed by atoms with Crippen molar-refractivity contribution < 1.29 is 4.74 Å². The van der Waals surface area contributed by atoms with Crippen LogP contribution in [-0.2, 0) is 7.05 Å². The number of aromatic nitrogens is 2. The summed E-state index contributed by atoms with van der Waals surface area (Å²) in [7, 11) is 1.95. The molecule has 0 aliphatic carbocycles. The van der Waals surface area contributed by atoms with E-state index in [2.05, 4.69) is 31.2 Å². The van der Waals surface area contributed by atoms with E-state index >= 15 is 0 Å². The molecule has 1 rings (SSSR count). The Hall–Kier alpha value is -1.03. The highest BCUT2D eigenvalue weighted by Gasteiger charge is 2.10. The van der Waals surface area contributed by atoms with Gasteiger partial charge >= 0.3 is 0 Å². The zero-order valence-electron chi connectivity index (χ0n) is 12.6. The predicted octanol–water partition coefficient (Wildman–Crippen LogP) is 2.58. The van der Waals surface area contributed by atoms with Gasteiger partial charge in [0.1, 0.15) is 5.69 Å². The summed E-state index contributed by atoms with van der Waals surface area (Å²) in [6, 6.07) is 0. The van der Waals surface area contributed by atoms with E-state index in [0.29, 0.717) is 0 Å². The van der Waals surface area contributed by atoms with Crippen molar-refractivity contribution in [3.05, 3.63) is 11.4 Å². The van der Waals surface area contributed by atoms with Crippen LogP contribution in [0.4, 0.5) is 0 Å². The average Bonchev–Trinajstić information content (AvgIpc) is 2.47. The molecule has 0 spiro atoms. The normalized spacial score (nSPS) is 11.9. The number of nitrogens with zero attached hydrogens (tertiary/aromatic N) is 2. The summed E-state index contributed by atoms with van der Waals surface area (Å²) in [6.07, 6.45) is 2.20. The summed E-state index contributed by atoms with van der Waals surface area (Å²) in [6.45, 7) is 12.4. The van der Waals surface area contributed by atoms with Crippen molar-refractivity contribution in [2.45, 2.75) is 53.0 Å². The third kappa shape index (κ3) is 4.69. The summed E-state index contributed by atoms with van der Waals surface area (Å²) in [5.74, 6) is 0.946. The first-order valence-corrected chi connectivity index (χ1v) is 6.69. The smallest absolute Gasteiger partial charge is 0.162 e. The number of unbranched alkanes of at least 4 members (excludes halogenated alkanes) is 1. The summed E-state index contributed by atoms with van der Waals surface area (Å²) in [4.78, 5) is 0. The molecule has 0 saturated heterocycles. The molecule has 0 saturated carbocycles. The molecule has 0 atom stereocenters. The van der Waals surface area contributed by atoms with Crippen LogP contribution in [0.2, 0.25) is 0 Å². The van der Waals surface area contributed by atoms with Gasteiger partial charge in [-0.25, -0.2) is 0 Å². The first-order chi connectivity index (χ1) is 8.31. The summed E-state index contributed by atoms with van der Waals surface area (Å²) in [5.41, 5.74) is 2.28. The zero-order chi connectivity index (χ0) is 13.8. The largest absolute Gasteiger partial charge is 0.490 e. The van der Waals surface area contributed by atoms with Gasteiger partial charge < -0.3 is 10.1 Å². The maximum atomic E-state index is 5.81. The van der Waals surface area contributed by atoms with Gasteiger partial charge in [-0.15, -0.1) is 0 Å². The molecule has 0 aliphatic heterocycles. The second-order valence-electron chi connectivity index (χ2n) is 5.86. The maximum Gasteiger partial charge on any atom is 0.162 e. The standard InChI is InChI=1S/C14H27N3O/c1-11-13(12(2)17(6)16-11)18-10-8-7-9-15-14(3,4)5/h15H,7-10H2,1-6H3. The highest BCUT2D eigenvalue weighted by atomic mass is 16.5. The number of rotatable bonds is 6. The summed E-state index contributed by atoms with van der Waals surface area (Å²) in [5, 5.41) is 7.81. The minimum Gasteiger partial charge on any atom is -0.490 e. The fourth-order valence-corrected chi connectivity index (χ4v) is 1.83. The van der Waals surface area contributed by atoms with E-state index in [9.17, 15) is 0 Å². The number of hydrogen-bond donors (Lipinski definition) is 1. The topological polar surface area (TPSA) is 39.1 Å². The van der Waals surface area contributed by atoms with Crippen LogP contribution in [0.25, 0.3) is 0 Å². The monoisotopic (exact) mass is 253 g/mol. The first kappa shape index (κ1) is 15.0. The Balaban J connectivity index is 2.22. The zero-order valence-corrected chi connectivity index (χ0v) is 12.6. The molecule has 0 bridgehead atoms. The molecular formula is C14H27N3O. The van der Waals surface area contributed by atoms with Crippen LogP contribution in [0.3, 0.4) is 0 Å². The lowest BCUT2D eigenvalue weighted by atomic mass is 10.1. The second-order valence-corrected chi connectivity index (χ2v) is 5.86. The van der Waals surface area contributed by atoms with Gasteiger partial charge in [0.2, 0.25) is 0 Å². The van der Waals surface area contributed by atoms with Gasteiger partial charge in [0.15, 0.2) is 5.75 Å². The molecule has 18 heavy (non-hydrogen) atoms. The lowest BCUT2D eigenvalue weighted by Crippen LogP contribution is -2.36. The first-order valence-electron chi connectivity index (χ1n) is 6.69. The van der Waals surface area contributed by atoms with Crippen molar-refractivity contribution in [1.82, 2.24) is 15.1 Å². The Kier molecular flexibility index (Phi) is 5.20. The fraction of sp³-hybridized carbons (Fsp3) is 0.786. The molecule has 1 heterocycles. The fourth-order valence-electron chi connectivity index (χ4n) is 1.83. The molecule has 0 amide bonds. The van der Waals surface area contributed by atoms with Crippen molar-refractivity contribution in [2.24, 2.45) is 7.05 Å². The third-order valence-electron chi connectivity index (χ3n) is 2.92. The molecule has 4 heteroatoms. The SMILES string of the molecule is Cc1nn(C)c(C)c1OCCCCNC(C)(C)C. The molecule has 1 N–H and O–H groups in total. The molecule has 1 aromatic heterocycles. The molecule has 1 aromatic rings. The van der Waals surface area contributed by atoms with E-state index < -0.39 is 0 Å². The predicted molar refractivity (Wildman–Crippen MR) is 75.2 cm³/mol. The van der Waals surface area contributed by atoms with E-state index in [1.807, 2.05) is 25.6 Å². The maximum absolute atomic E-state index is 5.81. The van der Waals surface area contributed by atoms with Gasteiger partial charge in [-0.05, 0) is 54.0 Å². The van der Waals surface area contributed by atoms with Crippen LogP contribution in [0, 0.1) is 13.8 Å². The Morgan fingerprint density at radius 1 is 1.22 bits per heavy atom. The van der Waals surface area contributed by atoms with Gasteiger partial charge in [0, 0.05) is 12.6 Å². The number of nitrogens with one attached hydrogen (secondary N) is 1. The Morgan fingerprint density at radius 2 is 1.89 bits per heavy atom. The summed E-state index contributed by atoms with van der Waals surface area (Å²) < 4.78 is 7.68. The molecule has 0 aliphatic rings. The lowest BCUT2D eigenvalue weighted by Gasteiger charge is -2.20. The van der Waals surface area contributed by atoms with Crippen LogP contribution in [0.5, 0.6) is 5.75 Å². The van der Waals surface area contributed by atoms with Gasteiger partial charge in [-0.1, -0.05) is 0 Å². The van der Waals surface area contributed by atoms with Gasteiger partial charge in [-0.2, -0.15) is 5.10 Å². The van der Waals surface area contributed by atoms with E-state index in [1.165, 1.54) is 0 Å². The Bertz CT molecular complexity index is 377. The van der Waals surface area contributed by atoms with Crippen molar-refractivity contribution in [3.63, 3.8) is 0 Å². The van der Waals surface area contributed by atoms with Crippen molar-refractivity contribution in [2.75, 3.05) is 13.2 Å². The lowest BCUT2D eigenvalue weighted by molar-refractivity contribution is 0.297. The molecule has 0 unspecified atom stereocenters. The highest BCUT2D eigenvalue weighted by Crippen LogP contribution is 2.21. The van der Waals surface area contributed by atoms with Gasteiger partial charge in [-0.3, -0.25) is 4.68 Å². The molecule has 0 aromatic carbocycles. The molecule has 0 fully saturated rings. The minimum absolute atomic E-state index is 0.206. The molecule has 104 valence electrons. The van der Waals surface area contributed by atoms with Gasteiger partial charge in [0.05, 0.1) is 12.3 Å². The van der Waals surface area contributed by atoms with E-state index in [-0.39, 0.29) is 5.54 Å². The molecule has 0 radical (unpaired) electrons. The van der Waals surface area contributed by atoms with E-state index in [0.717, 1.165) is 43.1 Å². The average molecular weight is 253 g/mol. The third-order valence-corrected chi connectivity index (χ3v) is 2.92. The minimum atomic E-state index is 0.206. The number of hydrogen-bond acceptors (Lipinski definition) is 3. The van der Waals surface area contributed by atoms with Crippen molar-refractivity contribution in [3.8, 4) is 5.75 Å². The van der Waals surface area contributed by atoms with E-state index in [4.69, 9.17) is 4.74 Å². The van der Waals surface area contributed by atoms with Crippen molar-refractivity contribution in [1.29, 1.82) is 0 Å². The number of ether oxygens (including phenoxy) is 1. The van der Waals surface area contributed by atoms with Crippen LogP contribution in [0.1, 0.15) is 45.0 Å². The summed E-state index contributed by atoms with van der Waals surface area (Å²) >= 11 is 0. The molecular weight excluding hydrogens is 226 g/mol. The Morgan fingerprint density at radius 3 is 2.39 bits per heavy atom. The van der Waals surface area contributed by atoms with Crippen molar-refractivity contribution >= 4 is 0 Å². The molecule has 4 nitrogen and oxygen atoms in total. The highest BCUT2D eigenvalue weighted by molar-refractivity contribution is 5.31. The van der Waals surface area contributed by atoms with Crippen LogP contribution < -0.4 is 10.1 Å². The van der Waals surface area contributed by atoms with Crippen LogP contribution in [0.15, 0.2) is 0 Å². The van der Waals surface area contributed by atoms with Crippen LogP contribution in [-0.4, -0.2) is 28.5 Å². The van der Waals surface area contributed by atoms with E-state index in [1.54, 1.807) is 0 Å². The number of aryl methyl sites for hydroxylation is 2. The quantitative estimate of drug-likeness (QED) is 0.792. The Labute approximate surface area is 111 Å². The second kappa shape index (κ2) is 6.23. The van der Waals surface area contributed by atoms with Crippen LogP contribution >= 0.6 is 0 Å².